The van der Waals surface area contributed by atoms with Gasteiger partial charge >= 0.3 is 6.18 Å². The van der Waals surface area contributed by atoms with E-state index < -0.39 is 17.2 Å². The van der Waals surface area contributed by atoms with Crippen LogP contribution in [0.25, 0.3) is 33.0 Å². The van der Waals surface area contributed by atoms with Gasteiger partial charge in [0.25, 0.3) is 0 Å². The van der Waals surface area contributed by atoms with E-state index in [-0.39, 0.29) is 5.39 Å². The lowest BCUT2D eigenvalue weighted by atomic mass is 9.61. The highest BCUT2D eigenvalue weighted by molar-refractivity contribution is 6.08. The molecule has 0 saturated carbocycles. The molecule has 7 rings (SSSR count). The van der Waals surface area contributed by atoms with Crippen molar-refractivity contribution in [1.82, 2.24) is 0 Å². The first-order valence-corrected chi connectivity index (χ1v) is 11.0. The van der Waals surface area contributed by atoms with Gasteiger partial charge in [0.05, 0.1) is 11.0 Å². The van der Waals surface area contributed by atoms with Gasteiger partial charge in [-0.05, 0) is 61.3 Å². The average molecular weight is 434 g/mol. The molecule has 33 heavy (non-hydrogen) atoms. The van der Waals surface area contributed by atoms with Gasteiger partial charge in [0.1, 0.15) is 0 Å². The van der Waals surface area contributed by atoms with E-state index in [0.29, 0.717) is 5.39 Å². The Hall–Kier alpha value is -3.85. The molecule has 0 amide bonds. The fraction of sp³-hybridized carbons (Fsp3) is 0.0667. The topological polar surface area (TPSA) is 0 Å². The summed E-state index contributed by atoms with van der Waals surface area (Å²) in [4.78, 5) is 0. The molecule has 5 aromatic rings. The van der Waals surface area contributed by atoms with Crippen LogP contribution in [0, 0.1) is 0 Å². The van der Waals surface area contributed by atoms with Gasteiger partial charge in [0.15, 0.2) is 0 Å². The lowest BCUT2D eigenvalue weighted by Gasteiger charge is -2.40. The molecular weight excluding hydrogens is 417 g/mol. The van der Waals surface area contributed by atoms with Gasteiger partial charge < -0.3 is 0 Å². The van der Waals surface area contributed by atoms with E-state index >= 15 is 0 Å². The maximum absolute atomic E-state index is 14.0. The van der Waals surface area contributed by atoms with Gasteiger partial charge in [-0.15, -0.1) is 0 Å². The molecule has 0 N–H and O–H groups in total. The summed E-state index contributed by atoms with van der Waals surface area (Å²) in [7, 11) is 0. The first-order valence-electron chi connectivity index (χ1n) is 11.0. The van der Waals surface area contributed by atoms with Crippen LogP contribution in [0.2, 0.25) is 0 Å². The van der Waals surface area contributed by atoms with Crippen LogP contribution < -0.4 is 0 Å². The van der Waals surface area contributed by atoms with Gasteiger partial charge in [-0.2, -0.15) is 13.2 Å². The predicted octanol–water partition coefficient (Wildman–Crippen LogP) is 8.20. The van der Waals surface area contributed by atoms with E-state index in [9.17, 15) is 13.2 Å². The summed E-state index contributed by atoms with van der Waals surface area (Å²) < 4.78 is 42.1. The molecule has 0 unspecified atom stereocenters. The molecular formula is C30H17F3. The molecule has 0 atom stereocenters. The molecule has 0 bridgehead atoms. The second-order valence-electron chi connectivity index (χ2n) is 8.77. The highest BCUT2D eigenvalue weighted by atomic mass is 19.4. The number of hydrogen-bond acceptors (Lipinski definition) is 0. The minimum atomic E-state index is -4.42. The molecule has 0 fully saturated rings. The molecule has 0 heterocycles. The van der Waals surface area contributed by atoms with E-state index in [4.69, 9.17) is 0 Å². The highest BCUT2D eigenvalue weighted by Gasteiger charge is 2.50. The Morgan fingerprint density at radius 3 is 1.48 bits per heavy atom. The summed E-state index contributed by atoms with van der Waals surface area (Å²) in [5.41, 5.74) is 7.13. The Morgan fingerprint density at radius 1 is 0.455 bits per heavy atom. The fourth-order valence-corrected chi connectivity index (χ4v) is 6.20. The van der Waals surface area contributed by atoms with E-state index in [0.717, 1.165) is 44.5 Å². The third kappa shape index (κ3) is 2.17. The Kier molecular flexibility index (Phi) is 3.48. The second kappa shape index (κ2) is 6.14. The minimum absolute atomic E-state index is 0.258. The first kappa shape index (κ1) is 18.7. The first-order chi connectivity index (χ1) is 16.0. The monoisotopic (exact) mass is 434 g/mol. The van der Waals surface area contributed by atoms with Crippen molar-refractivity contribution in [3.05, 3.63) is 131 Å². The average Bonchev–Trinajstić information content (AvgIpc) is 3.13. The highest BCUT2D eigenvalue weighted by Crippen LogP contribution is 2.62. The predicted molar refractivity (Wildman–Crippen MR) is 125 cm³/mol. The SMILES string of the molecule is FC(F)(F)c1ccc2c3c(cccc13)C1(c3ccccc3-c3ccccc31)c1ccccc1-2. The molecule has 0 nitrogen and oxygen atoms in total. The number of halogens is 3. The summed E-state index contributed by atoms with van der Waals surface area (Å²) in [5, 5.41) is 0.950. The van der Waals surface area contributed by atoms with Crippen LogP contribution >= 0.6 is 0 Å². The Bertz CT molecular complexity index is 1560. The normalized spacial score (nSPS) is 14.8. The summed E-state index contributed by atoms with van der Waals surface area (Å²) in [6.45, 7) is 0. The number of alkyl halides is 3. The van der Waals surface area contributed by atoms with Crippen molar-refractivity contribution in [2.45, 2.75) is 11.6 Å². The molecule has 0 radical (unpaired) electrons. The van der Waals surface area contributed by atoms with Gasteiger partial charge in [0.2, 0.25) is 0 Å². The van der Waals surface area contributed by atoms with Crippen molar-refractivity contribution in [2.75, 3.05) is 0 Å². The zero-order valence-electron chi connectivity index (χ0n) is 17.4. The molecule has 2 aliphatic rings. The molecule has 2 aliphatic carbocycles. The Balaban J connectivity index is 1.76. The lowest BCUT2D eigenvalue weighted by molar-refractivity contribution is -0.136. The van der Waals surface area contributed by atoms with Crippen LogP contribution in [0.5, 0.6) is 0 Å². The summed E-state index contributed by atoms with van der Waals surface area (Å²) in [5.74, 6) is 0. The van der Waals surface area contributed by atoms with E-state index in [2.05, 4.69) is 30.3 Å². The van der Waals surface area contributed by atoms with Crippen molar-refractivity contribution >= 4 is 10.8 Å². The zero-order valence-corrected chi connectivity index (χ0v) is 17.4. The zero-order chi connectivity index (χ0) is 22.4. The maximum atomic E-state index is 14.0. The lowest BCUT2D eigenvalue weighted by Crippen LogP contribution is -2.32. The molecule has 1 spiro atoms. The van der Waals surface area contributed by atoms with Gasteiger partial charge in [-0.25, -0.2) is 0 Å². The second-order valence-corrected chi connectivity index (χ2v) is 8.77. The fourth-order valence-electron chi connectivity index (χ4n) is 6.20. The largest absolute Gasteiger partial charge is 0.417 e. The van der Waals surface area contributed by atoms with E-state index in [1.165, 1.54) is 6.07 Å². The smallest absolute Gasteiger partial charge is 0.166 e. The molecule has 0 aromatic heterocycles. The number of benzene rings is 5. The van der Waals surface area contributed by atoms with Crippen LogP contribution in [-0.4, -0.2) is 0 Å². The summed E-state index contributed by atoms with van der Waals surface area (Å²) >= 11 is 0. The Morgan fingerprint density at radius 2 is 0.939 bits per heavy atom. The van der Waals surface area contributed by atoms with Crippen molar-refractivity contribution in [1.29, 1.82) is 0 Å². The van der Waals surface area contributed by atoms with Crippen LogP contribution in [-0.2, 0) is 11.6 Å². The van der Waals surface area contributed by atoms with Crippen molar-refractivity contribution in [3.63, 3.8) is 0 Å². The van der Waals surface area contributed by atoms with Crippen LogP contribution in [0.15, 0.2) is 103 Å². The molecule has 5 aromatic carbocycles. The maximum Gasteiger partial charge on any atom is 0.417 e. The third-order valence-corrected chi connectivity index (χ3v) is 7.32. The van der Waals surface area contributed by atoms with Crippen LogP contribution in [0.4, 0.5) is 13.2 Å². The van der Waals surface area contributed by atoms with Gasteiger partial charge in [-0.3, -0.25) is 0 Å². The number of hydrogen-bond donors (Lipinski definition) is 0. The number of rotatable bonds is 0. The van der Waals surface area contributed by atoms with Crippen molar-refractivity contribution < 1.29 is 13.2 Å². The number of fused-ring (bicyclic) bond motifs is 9. The Labute approximate surface area is 188 Å². The standard InChI is InChI=1S/C30H17F3/c31-30(32,33)26-17-16-21-20-10-3-6-14-25(20)29(27-15-7-11-22(26)28(21)27)23-12-4-1-8-18(23)19-9-2-5-13-24(19)29/h1-17H. The van der Waals surface area contributed by atoms with Gasteiger partial charge in [0, 0.05) is 0 Å². The molecule has 158 valence electrons. The third-order valence-electron chi connectivity index (χ3n) is 7.32. The summed E-state index contributed by atoms with van der Waals surface area (Å²) in [6, 6.07) is 33.0. The molecule has 3 heteroatoms. The van der Waals surface area contributed by atoms with Crippen molar-refractivity contribution in [3.8, 4) is 22.3 Å². The summed E-state index contributed by atoms with van der Waals surface area (Å²) in [6.07, 6.45) is -4.42. The van der Waals surface area contributed by atoms with Crippen molar-refractivity contribution in [2.24, 2.45) is 0 Å². The van der Waals surface area contributed by atoms with Crippen LogP contribution in [0.1, 0.15) is 27.8 Å². The molecule has 0 aliphatic heterocycles. The van der Waals surface area contributed by atoms with Gasteiger partial charge in [-0.1, -0.05) is 97.1 Å². The van der Waals surface area contributed by atoms with E-state index in [1.54, 1.807) is 18.2 Å². The van der Waals surface area contributed by atoms with E-state index in [1.807, 2.05) is 48.5 Å². The minimum Gasteiger partial charge on any atom is -0.166 e. The molecule has 0 saturated heterocycles. The quantitative estimate of drug-likeness (QED) is 0.226. The van der Waals surface area contributed by atoms with Crippen LogP contribution in [0.3, 0.4) is 0 Å².